The first-order valence-electron chi connectivity index (χ1n) is 13.3. The Balaban J connectivity index is 1.11. The number of amides is 3. The number of hydrogen-bond donors (Lipinski definition) is 1. The minimum Gasteiger partial charge on any atom is -0.489 e. The molecule has 0 unspecified atom stereocenters. The van der Waals surface area contributed by atoms with Crippen LogP contribution in [0.2, 0.25) is 0 Å². The first-order chi connectivity index (χ1) is 18.4. The molecule has 3 fully saturated rings. The minimum absolute atomic E-state index is 0.00287. The number of imide groups is 1. The Morgan fingerprint density at radius 1 is 1.03 bits per heavy atom. The van der Waals surface area contributed by atoms with Crippen molar-refractivity contribution in [2.45, 2.75) is 69.2 Å². The molecule has 8 nitrogen and oxygen atoms in total. The number of nitrogens with one attached hydrogen (secondary N) is 1. The third kappa shape index (κ3) is 4.43. The molecular formula is C29H29FN4O4. The third-order valence-corrected chi connectivity index (χ3v) is 8.40. The van der Waals surface area contributed by atoms with Gasteiger partial charge in [0.2, 0.25) is 11.8 Å². The number of piperidine rings is 1. The second-order valence-corrected chi connectivity index (χ2v) is 10.7. The van der Waals surface area contributed by atoms with Crippen molar-refractivity contribution in [3.8, 4) is 11.8 Å². The van der Waals surface area contributed by atoms with E-state index in [0.717, 1.165) is 44.3 Å². The number of nitrogens with zero attached hydrogens (tertiary/aromatic N) is 3. The monoisotopic (exact) mass is 516 g/mol. The van der Waals surface area contributed by atoms with E-state index in [0.29, 0.717) is 35.4 Å². The van der Waals surface area contributed by atoms with Gasteiger partial charge in [-0.15, -0.1) is 0 Å². The summed E-state index contributed by atoms with van der Waals surface area (Å²) in [6.07, 6.45) is 4.70. The van der Waals surface area contributed by atoms with Crippen molar-refractivity contribution in [2.75, 3.05) is 13.1 Å². The van der Waals surface area contributed by atoms with Crippen LogP contribution in [0.1, 0.15) is 71.5 Å². The summed E-state index contributed by atoms with van der Waals surface area (Å²) in [7, 11) is 0. The lowest BCUT2D eigenvalue weighted by Gasteiger charge is -2.48. The molecule has 3 atom stereocenters. The molecule has 1 saturated carbocycles. The molecule has 2 saturated heterocycles. The highest BCUT2D eigenvalue weighted by molar-refractivity contribution is 6.05. The molecule has 38 heavy (non-hydrogen) atoms. The average molecular weight is 517 g/mol. The summed E-state index contributed by atoms with van der Waals surface area (Å²) in [5.41, 5.74) is 2.39. The van der Waals surface area contributed by atoms with E-state index >= 15 is 0 Å². The van der Waals surface area contributed by atoms with Gasteiger partial charge in [-0.1, -0.05) is 12.5 Å². The first-order valence-corrected chi connectivity index (χ1v) is 13.3. The molecule has 0 radical (unpaired) electrons. The van der Waals surface area contributed by atoms with Crippen LogP contribution in [0.5, 0.6) is 5.75 Å². The minimum atomic E-state index is -0.639. The van der Waals surface area contributed by atoms with Gasteiger partial charge in [-0.3, -0.25) is 24.6 Å². The smallest absolute Gasteiger partial charge is 0.255 e. The molecule has 3 heterocycles. The van der Waals surface area contributed by atoms with Crippen molar-refractivity contribution in [3.05, 3.63) is 64.5 Å². The van der Waals surface area contributed by atoms with Crippen LogP contribution in [-0.4, -0.2) is 58.8 Å². The number of nitriles is 1. The quantitative estimate of drug-likeness (QED) is 0.612. The van der Waals surface area contributed by atoms with Crippen LogP contribution in [0.4, 0.5) is 4.39 Å². The maximum atomic E-state index is 14.5. The van der Waals surface area contributed by atoms with Crippen LogP contribution < -0.4 is 10.1 Å². The lowest BCUT2D eigenvalue weighted by atomic mass is 9.84. The molecule has 0 aromatic heterocycles. The number of carbonyl (C=O) groups is 3. The highest BCUT2D eigenvalue weighted by Gasteiger charge is 2.41. The van der Waals surface area contributed by atoms with Gasteiger partial charge in [-0.2, -0.15) is 5.26 Å². The molecule has 1 aliphatic carbocycles. The topological polar surface area (TPSA) is 103 Å². The van der Waals surface area contributed by atoms with E-state index in [4.69, 9.17) is 10.00 Å². The maximum Gasteiger partial charge on any atom is 0.255 e. The Kier molecular flexibility index (Phi) is 6.36. The predicted molar refractivity (Wildman–Crippen MR) is 135 cm³/mol. The highest BCUT2D eigenvalue weighted by Crippen LogP contribution is 2.37. The standard InChI is InChI=1S/C29H29FN4O4/c30-23-11-17(13-31)5-7-21(23)19-14-33(15-19)24-3-1-2-4-26(24)38-20-6-8-22-18(12-20)16-34(29(22)37)25-9-10-27(35)32-28(25)36/h5-8,11-12,19,24-26H,1-4,9-10,14-16H2,(H,32,35,36)/t24-,25-,26-/m1/s1. The normalized spacial score (nSPS) is 25.9. The lowest BCUT2D eigenvalue weighted by molar-refractivity contribution is -0.136. The molecule has 2 aromatic carbocycles. The van der Waals surface area contributed by atoms with Gasteiger partial charge in [0, 0.05) is 43.6 Å². The van der Waals surface area contributed by atoms with Gasteiger partial charge < -0.3 is 9.64 Å². The van der Waals surface area contributed by atoms with Crippen molar-refractivity contribution in [1.82, 2.24) is 15.1 Å². The SMILES string of the molecule is N#Cc1ccc(C2CN([C@@H]3CCCC[C@H]3Oc3ccc4c(c3)CN([C@@H]3CCC(=O)NC3=O)C4=O)C2)c(F)c1. The van der Waals surface area contributed by atoms with Crippen LogP contribution in [-0.2, 0) is 16.1 Å². The van der Waals surface area contributed by atoms with E-state index in [1.54, 1.807) is 23.1 Å². The largest absolute Gasteiger partial charge is 0.489 e. The number of carbonyl (C=O) groups excluding carboxylic acids is 3. The molecule has 9 heteroatoms. The molecule has 2 aromatic rings. The van der Waals surface area contributed by atoms with Crippen LogP contribution in [0.25, 0.3) is 0 Å². The zero-order valence-corrected chi connectivity index (χ0v) is 21.0. The van der Waals surface area contributed by atoms with Crippen LogP contribution >= 0.6 is 0 Å². The summed E-state index contributed by atoms with van der Waals surface area (Å²) in [5, 5.41) is 11.3. The first kappa shape index (κ1) is 24.6. The van der Waals surface area contributed by atoms with Gasteiger partial charge >= 0.3 is 0 Å². The molecular weight excluding hydrogens is 487 g/mol. The van der Waals surface area contributed by atoms with Gasteiger partial charge in [-0.05, 0) is 67.1 Å². The van der Waals surface area contributed by atoms with Crippen molar-refractivity contribution in [3.63, 3.8) is 0 Å². The Morgan fingerprint density at radius 3 is 2.61 bits per heavy atom. The molecule has 0 spiro atoms. The molecule has 4 aliphatic rings. The molecule has 3 aliphatic heterocycles. The number of ether oxygens (including phenoxy) is 1. The van der Waals surface area contributed by atoms with Gasteiger partial charge in [0.1, 0.15) is 23.7 Å². The fourth-order valence-corrected chi connectivity index (χ4v) is 6.34. The molecule has 3 amide bonds. The van der Waals surface area contributed by atoms with E-state index in [-0.39, 0.29) is 42.1 Å². The molecule has 0 bridgehead atoms. The van der Waals surface area contributed by atoms with E-state index in [9.17, 15) is 18.8 Å². The fourth-order valence-electron chi connectivity index (χ4n) is 6.34. The van der Waals surface area contributed by atoms with Crippen LogP contribution in [0.3, 0.4) is 0 Å². The number of benzene rings is 2. The Hall–Kier alpha value is -3.77. The maximum absolute atomic E-state index is 14.5. The lowest BCUT2D eigenvalue weighted by Crippen LogP contribution is -2.57. The Bertz CT molecular complexity index is 1350. The van der Waals surface area contributed by atoms with Crippen LogP contribution in [0, 0.1) is 17.1 Å². The number of fused-ring (bicyclic) bond motifs is 1. The summed E-state index contributed by atoms with van der Waals surface area (Å²) >= 11 is 0. The molecule has 6 rings (SSSR count). The fraction of sp³-hybridized carbons (Fsp3) is 0.448. The van der Waals surface area contributed by atoms with Crippen molar-refractivity contribution < 1.29 is 23.5 Å². The van der Waals surface area contributed by atoms with Crippen molar-refractivity contribution in [1.29, 1.82) is 5.26 Å². The average Bonchev–Trinajstić information content (AvgIpc) is 3.20. The zero-order valence-electron chi connectivity index (χ0n) is 21.0. The molecule has 196 valence electrons. The summed E-state index contributed by atoms with van der Waals surface area (Å²) in [6, 6.07) is 11.8. The molecule has 1 N–H and O–H groups in total. The van der Waals surface area contributed by atoms with Crippen LogP contribution in [0.15, 0.2) is 36.4 Å². The van der Waals surface area contributed by atoms with E-state index in [1.807, 2.05) is 18.2 Å². The Labute approximate surface area is 220 Å². The summed E-state index contributed by atoms with van der Waals surface area (Å²) in [6.45, 7) is 1.83. The summed E-state index contributed by atoms with van der Waals surface area (Å²) < 4.78 is 21.0. The number of rotatable bonds is 5. The second-order valence-electron chi connectivity index (χ2n) is 10.7. The van der Waals surface area contributed by atoms with Crippen molar-refractivity contribution in [2.24, 2.45) is 0 Å². The predicted octanol–water partition coefficient (Wildman–Crippen LogP) is 3.25. The zero-order chi connectivity index (χ0) is 26.4. The van der Waals surface area contributed by atoms with Gasteiger partial charge in [-0.25, -0.2) is 4.39 Å². The second kappa shape index (κ2) is 9.84. The number of hydrogen-bond acceptors (Lipinski definition) is 6. The van der Waals surface area contributed by atoms with E-state index in [1.165, 1.54) is 6.07 Å². The highest BCUT2D eigenvalue weighted by atomic mass is 19.1. The number of likely N-dealkylation sites (tertiary alicyclic amines) is 1. The number of halogens is 1. The van der Waals surface area contributed by atoms with Gasteiger partial charge in [0.15, 0.2) is 0 Å². The van der Waals surface area contributed by atoms with Crippen molar-refractivity contribution >= 4 is 17.7 Å². The summed E-state index contributed by atoms with van der Waals surface area (Å²) in [5.74, 6) is -0.424. The Morgan fingerprint density at radius 2 is 1.84 bits per heavy atom. The van der Waals surface area contributed by atoms with E-state index in [2.05, 4.69) is 10.2 Å². The van der Waals surface area contributed by atoms with Gasteiger partial charge in [0.05, 0.1) is 11.6 Å². The third-order valence-electron chi connectivity index (χ3n) is 8.40. The van der Waals surface area contributed by atoms with E-state index < -0.39 is 11.9 Å². The summed E-state index contributed by atoms with van der Waals surface area (Å²) in [4.78, 5) is 40.7. The van der Waals surface area contributed by atoms with Gasteiger partial charge in [0.25, 0.3) is 5.91 Å².